The zero-order chi connectivity index (χ0) is 13.5. The van der Waals surface area contributed by atoms with Crippen LogP contribution in [0.1, 0.15) is 23.7 Å². The molecule has 0 bridgehead atoms. The molecule has 0 unspecified atom stereocenters. The number of nitrogens with two attached hydrogens (primary N) is 1. The highest BCUT2D eigenvalue weighted by atomic mass is 16.5. The van der Waals surface area contributed by atoms with E-state index in [1.54, 1.807) is 36.2 Å². The second kappa shape index (κ2) is 6.69. The van der Waals surface area contributed by atoms with Crippen LogP contribution in [0, 0.1) is 0 Å². The van der Waals surface area contributed by atoms with E-state index in [1.807, 2.05) is 6.92 Å². The molecule has 1 aromatic carbocycles. The van der Waals surface area contributed by atoms with Crippen LogP contribution in [-0.2, 0) is 0 Å². The fraction of sp³-hybridized carbons (Fsp3) is 0.357. The number of carbonyl (C=O) groups excluding carboxylic acids is 1. The Morgan fingerprint density at radius 2 is 2.22 bits per heavy atom. The zero-order valence-electron chi connectivity index (χ0n) is 11.0. The van der Waals surface area contributed by atoms with E-state index >= 15 is 0 Å². The second-order valence-corrected chi connectivity index (χ2v) is 4.03. The van der Waals surface area contributed by atoms with Gasteiger partial charge in [0.05, 0.1) is 6.61 Å². The summed E-state index contributed by atoms with van der Waals surface area (Å²) in [5.41, 5.74) is 6.84. The minimum atomic E-state index is -0.0647. The summed E-state index contributed by atoms with van der Waals surface area (Å²) in [7, 11) is 1.76. The average molecular weight is 248 g/mol. The molecule has 0 atom stereocenters. The molecular weight excluding hydrogens is 228 g/mol. The van der Waals surface area contributed by atoms with Crippen LogP contribution in [0.5, 0.6) is 5.75 Å². The first-order valence-corrected chi connectivity index (χ1v) is 5.98. The van der Waals surface area contributed by atoms with Gasteiger partial charge in [-0.05, 0) is 25.5 Å². The van der Waals surface area contributed by atoms with Gasteiger partial charge in [-0.1, -0.05) is 6.08 Å². The first kappa shape index (κ1) is 14.1. The number of benzene rings is 1. The molecule has 1 rings (SSSR count). The van der Waals surface area contributed by atoms with Crippen molar-refractivity contribution in [2.45, 2.75) is 13.3 Å². The van der Waals surface area contributed by atoms with Crippen LogP contribution in [0.3, 0.4) is 0 Å². The van der Waals surface area contributed by atoms with Crippen molar-refractivity contribution in [1.29, 1.82) is 0 Å². The van der Waals surface area contributed by atoms with Gasteiger partial charge in [0, 0.05) is 30.9 Å². The normalized spacial score (nSPS) is 9.89. The third kappa shape index (κ3) is 3.80. The molecule has 0 radical (unpaired) electrons. The van der Waals surface area contributed by atoms with Crippen molar-refractivity contribution >= 4 is 11.6 Å². The number of nitrogens with zero attached hydrogens (tertiary/aromatic N) is 1. The van der Waals surface area contributed by atoms with Crippen molar-refractivity contribution in [2.75, 3.05) is 25.9 Å². The molecule has 0 spiro atoms. The lowest BCUT2D eigenvalue weighted by molar-refractivity contribution is 0.0797. The van der Waals surface area contributed by atoms with Crippen molar-refractivity contribution in [3.8, 4) is 5.75 Å². The smallest absolute Gasteiger partial charge is 0.253 e. The molecular formula is C14H20N2O2. The molecule has 0 fully saturated rings. The predicted molar refractivity (Wildman–Crippen MR) is 73.8 cm³/mol. The van der Waals surface area contributed by atoms with Crippen LogP contribution in [0.4, 0.5) is 5.69 Å². The Morgan fingerprint density at radius 3 is 2.83 bits per heavy atom. The maximum atomic E-state index is 12.1. The number of rotatable bonds is 6. The number of anilines is 1. The largest absolute Gasteiger partial charge is 0.494 e. The van der Waals surface area contributed by atoms with Crippen molar-refractivity contribution in [3.63, 3.8) is 0 Å². The van der Waals surface area contributed by atoms with Gasteiger partial charge in [0.2, 0.25) is 0 Å². The predicted octanol–water partition coefficient (Wildman–Crippen LogP) is 2.32. The number of hydrogen-bond acceptors (Lipinski definition) is 3. The lowest BCUT2D eigenvalue weighted by Gasteiger charge is -2.17. The van der Waals surface area contributed by atoms with E-state index < -0.39 is 0 Å². The van der Waals surface area contributed by atoms with E-state index in [0.29, 0.717) is 30.2 Å². The minimum absolute atomic E-state index is 0.0647. The van der Waals surface area contributed by atoms with Gasteiger partial charge in [0.25, 0.3) is 5.91 Å². The summed E-state index contributed by atoms with van der Waals surface area (Å²) in [6.07, 6.45) is 2.55. The van der Waals surface area contributed by atoms with Crippen LogP contribution in [0.15, 0.2) is 30.9 Å². The van der Waals surface area contributed by atoms with Crippen LogP contribution in [0.25, 0.3) is 0 Å². The highest BCUT2D eigenvalue weighted by Gasteiger charge is 2.12. The van der Waals surface area contributed by atoms with Crippen molar-refractivity contribution in [3.05, 3.63) is 36.4 Å². The highest BCUT2D eigenvalue weighted by molar-refractivity contribution is 5.95. The highest BCUT2D eigenvalue weighted by Crippen LogP contribution is 2.20. The molecule has 2 N–H and O–H groups in total. The number of ether oxygens (including phenoxy) is 1. The molecule has 1 amide bonds. The van der Waals surface area contributed by atoms with Gasteiger partial charge in [-0.15, -0.1) is 6.58 Å². The minimum Gasteiger partial charge on any atom is -0.494 e. The Morgan fingerprint density at radius 1 is 1.50 bits per heavy atom. The zero-order valence-corrected chi connectivity index (χ0v) is 11.0. The molecule has 0 aliphatic heterocycles. The van der Waals surface area contributed by atoms with Crippen LogP contribution in [-0.4, -0.2) is 31.0 Å². The Balaban J connectivity index is 2.87. The van der Waals surface area contributed by atoms with Crippen LogP contribution < -0.4 is 10.5 Å². The maximum absolute atomic E-state index is 12.1. The van der Waals surface area contributed by atoms with E-state index in [2.05, 4.69) is 6.58 Å². The van der Waals surface area contributed by atoms with Crippen LogP contribution in [0.2, 0.25) is 0 Å². The van der Waals surface area contributed by atoms with E-state index in [4.69, 9.17) is 10.5 Å². The monoisotopic (exact) mass is 248 g/mol. The van der Waals surface area contributed by atoms with E-state index in [0.717, 1.165) is 6.42 Å². The topological polar surface area (TPSA) is 55.6 Å². The molecule has 18 heavy (non-hydrogen) atoms. The molecule has 0 saturated heterocycles. The van der Waals surface area contributed by atoms with E-state index in [9.17, 15) is 4.79 Å². The van der Waals surface area contributed by atoms with Gasteiger partial charge in [0.15, 0.2) is 0 Å². The van der Waals surface area contributed by atoms with Crippen molar-refractivity contribution in [1.82, 2.24) is 4.90 Å². The average Bonchev–Trinajstić information content (AvgIpc) is 2.34. The third-order valence-corrected chi connectivity index (χ3v) is 2.50. The summed E-state index contributed by atoms with van der Waals surface area (Å²) >= 11 is 0. The summed E-state index contributed by atoms with van der Waals surface area (Å²) in [5, 5.41) is 0. The fourth-order valence-electron chi connectivity index (χ4n) is 1.60. The SMILES string of the molecule is C=CCCN(C)C(=O)c1cc(N)cc(OCC)c1. The molecule has 0 aliphatic rings. The Bertz CT molecular complexity index is 430. The van der Waals surface area contributed by atoms with Gasteiger partial charge in [-0.25, -0.2) is 0 Å². The molecule has 0 heterocycles. The van der Waals surface area contributed by atoms with Crippen molar-refractivity contribution < 1.29 is 9.53 Å². The summed E-state index contributed by atoms with van der Waals surface area (Å²) in [5.74, 6) is 0.558. The number of amides is 1. The summed E-state index contributed by atoms with van der Waals surface area (Å²) in [6, 6.07) is 5.09. The lowest BCUT2D eigenvalue weighted by atomic mass is 10.1. The van der Waals surface area contributed by atoms with Gasteiger partial charge in [-0.3, -0.25) is 4.79 Å². The molecule has 0 aromatic heterocycles. The molecule has 1 aromatic rings. The molecule has 0 saturated carbocycles. The van der Waals surface area contributed by atoms with Crippen molar-refractivity contribution in [2.24, 2.45) is 0 Å². The number of hydrogen-bond donors (Lipinski definition) is 1. The Kier molecular flexibility index (Phi) is 5.24. The maximum Gasteiger partial charge on any atom is 0.253 e. The molecule has 98 valence electrons. The van der Waals surface area contributed by atoms with Gasteiger partial charge in [-0.2, -0.15) is 0 Å². The first-order chi connectivity index (χ1) is 8.58. The quantitative estimate of drug-likeness (QED) is 0.621. The Hall–Kier alpha value is -1.97. The molecule has 4 heteroatoms. The van der Waals surface area contributed by atoms with Gasteiger partial charge >= 0.3 is 0 Å². The number of carbonyl (C=O) groups is 1. The third-order valence-electron chi connectivity index (χ3n) is 2.50. The molecule has 0 aliphatic carbocycles. The number of nitrogen functional groups attached to an aromatic ring is 1. The Labute approximate surface area is 108 Å². The standard InChI is InChI=1S/C14H20N2O2/c1-4-6-7-16(3)14(17)11-8-12(15)10-13(9-11)18-5-2/h4,8-10H,1,5-7,15H2,2-3H3. The first-order valence-electron chi connectivity index (χ1n) is 5.98. The lowest BCUT2D eigenvalue weighted by Crippen LogP contribution is -2.27. The summed E-state index contributed by atoms with van der Waals surface area (Å²) in [6.45, 7) is 6.71. The van der Waals surface area contributed by atoms with Crippen LogP contribution >= 0.6 is 0 Å². The van der Waals surface area contributed by atoms with Gasteiger partial charge in [0.1, 0.15) is 5.75 Å². The molecule has 4 nitrogen and oxygen atoms in total. The van der Waals surface area contributed by atoms with E-state index in [1.165, 1.54) is 0 Å². The fourth-order valence-corrected chi connectivity index (χ4v) is 1.60. The second-order valence-electron chi connectivity index (χ2n) is 4.03. The summed E-state index contributed by atoms with van der Waals surface area (Å²) in [4.78, 5) is 13.8. The summed E-state index contributed by atoms with van der Waals surface area (Å²) < 4.78 is 5.37. The van der Waals surface area contributed by atoms with Gasteiger partial charge < -0.3 is 15.4 Å². The van der Waals surface area contributed by atoms with E-state index in [-0.39, 0.29) is 5.91 Å².